The van der Waals surface area contributed by atoms with E-state index in [9.17, 15) is 31.7 Å². The number of carbonyl (C=O) groups is 1. The third-order valence-corrected chi connectivity index (χ3v) is 12.9. The van der Waals surface area contributed by atoms with Gasteiger partial charge in [0.1, 0.15) is 0 Å². The summed E-state index contributed by atoms with van der Waals surface area (Å²) in [5.41, 5.74) is 13.6. The van der Waals surface area contributed by atoms with Gasteiger partial charge >= 0.3 is 0 Å². The van der Waals surface area contributed by atoms with E-state index < -0.39 is 30.9 Å². The number of para-hydroxylation sites is 4. The standard InChI is InChI=1S/C24H23N5O3S.C22H19N5O4S/c1-15-6-5-9-19(16(15)2)26-23-24(28-21-8-4-3-7-20(21)27-23)29-33(31,32)18-12-10-17(11-13-18)14-22(25)30;1-14-10-11-16(12-15(14)2)23-21-22(25-20-9-4-3-8-19(20)24-21)26-32(30,31)18-7-5-6-17(13-18)27(28)29/h3-13H,14H2,1-2H3,(H2,25,30)(H,26,27)(H,28,29);3-13H,1-2H3,(H,23,24)(H,25,26). The molecule has 0 bridgehead atoms. The summed E-state index contributed by atoms with van der Waals surface area (Å²) < 4.78 is 57.1. The van der Waals surface area contributed by atoms with Crippen LogP contribution in [-0.4, -0.2) is 47.6 Å². The maximum absolute atomic E-state index is 13.1. The average molecular weight is 911 g/mol. The number of aryl methyl sites for hydroxylation is 3. The molecule has 330 valence electrons. The second-order valence-corrected chi connectivity index (χ2v) is 18.2. The number of primary amides is 1. The summed E-state index contributed by atoms with van der Waals surface area (Å²) in [7, 11) is -8.13. The molecule has 6 N–H and O–H groups in total. The number of fused-ring (bicyclic) bond motifs is 2. The molecule has 8 rings (SSSR count). The van der Waals surface area contributed by atoms with Crippen molar-refractivity contribution in [3.05, 3.63) is 171 Å². The molecule has 1 amide bonds. The molecule has 0 aliphatic heterocycles. The number of nitrogens with zero attached hydrogens (tertiary/aromatic N) is 5. The first-order valence-electron chi connectivity index (χ1n) is 19.8. The maximum atomic E-state index is 13.1. The number of hydrogen-bond acceptors (Lipinski definition) is 13. The van der Waals surface area contributed by atoms with Crippen molar-refractivity contribution in [1.82, 2.24) is 19.9 Å². The molecule has 0 fully saturated rings. The summed E-state index contributed by atoms with van der Waals surface area (Å²) in [5.74, 6) is 0.0684. The molecule has 0 saturated heterocycles. The van der Waals surface area contributed by atoms with E-state index in [1.807, 2.05) is 88.4 Å². The Labute approximate surface area is 374 Å². The number of rotatable bonds is 13. The monoisotopic (exact) mass is 910 g/mol. The number of non-ortho nitro benzene ring substituents is 1. The zero-order chi connectivity index (χ0) is 46.5. The van der Waals surface area contributed by atoms with Crippen LogP contribution in [0.25, 0.3) is 22.1 Å². The number of nitro benzene ring substituents is 1. The molecule has 19 heteroatoms. The highest BCUT2D eigenvalue weighted by molar-refractivity contribution is 7.93. The van der Waals surface area contributed by atoms with Crippen LogP contribution < -0.4 is 25.8 Å². The predicted octanol–water partition coefficient (Wildman–Crippen LogP) is 8.52. The number of carbonyl (C=O) groups excluding carboxylic acids is 1. The number of benzene rings is 6. The molecule has 17 nitrogen and oxygen atoms in total. The second-order valence-electron chi connectivity index (χ2n) is 14.9. The molecule has 6 aromatic carbocycles. The Bertz CT molecular complexity index is 3350. The van der Waals surface area contributed by atoms with Gasteiger partial charge in [-0.3, -0.25) is 24.4 Å². The van der Waals surface area contributed by atoms with Crippen molar-refractivity contribution in [2.45, 2.75) is 43.9 Å². The summed E-state index contributed by atoms with van der Waals surface area (Å²) in [6.45, 7) is 7.94. The van der Waals surface area contributed by atoms with Crippen molar-refractivity contribution in [3.8, 4) is 0 Å². The van der Waals surface area contributed by atoms with E-state index in [-0.39, 0.29) is 45.2 Å². The van der Waals surface area contributed by atoms with E-state index in [0.29, 0.717) is 33.3 Å². The number of nitrogens with one attached hydrogen (secondary N) is 4. The van der Waals surface area contributed by atoms with Crippen LogP contribution >= 0.6 is 0 Å². The fourth-order valence-corrected chi connectivity index (χ4v) is 8.47. The fraction of sp³-hybridized carbons (Fsp3) is 0.109. The van der Waals surface area contributed by atoms with Crippen LogP contribution in [0.5, 0.6) is 0 Å². The minimum atomic E-state index is -4.16. The minimum Gasteiger partial charge on any atom is -0.369 e. The predicted molar refractivity (Wildman–Crippen MR) is 252 cm³/mol. The van der Waals surface area contributed by atoms with Crippen molar-refractivity contribution in [2.75, 3.05) is 20.1 Å². The number of anilines is 6. The molecule has 0 radical (unpaired) electrons. The smallest absolute Gasteiger partial charge is 0.270 e. The second kappa shape index (κ2) is 18.8. The van der Waals surface area contributed by atoms with Crippen LogP contribution in [0.3, 0.4) is 0 Å². The van der Waals surface area contributed by atoms with Crippen LogP contribution in [0.15, 0.2) is 143 Å². The first kappa shape index (κ1) is 45.0. The van der Waals surface area contributed by atoms with E-state index in [1.54, 1.807) is 36.4 Å². The SMILES string of the molecule is Cc1ccc(Nc2nc3ccccc3nc2NS(=O)(=O)c2cccc([N+](=O)[O-])c2)cc1C.Cc1cccc(Nc2nc3ccccc3nc2NS(=O)(=O)c2ccc(CC(N)=O)cc2)c1C. The van der Waals surface area contributed by atoms with E-state index in [0.717, 1.165) is 34.0 Å². The number of amides is 1. The maximum Gasteiger partial charge on any atom is 0.270 e. The van der Waals surface area contributed by atoms with Crippen molar-refractivity contribution in [1.29, 1.82) is 0 Å². The molecular weight excluding hydrogens is 869 g/mol. The third kappa shape index (κ3) is 10.8. The normalized spacial score (nSPS) is 11.3. The Balaban J connectivity index is 0.000000194. The van der Waals surface area contributed by atoms with Gasteiger partial charge in [0.15, 0.2) is 23.3 Å². The van der Waals surface area contributed by atoms with Crippen LogP contribution in [0.4, 0.5) is 40.3 Å². The Kier molecular flexibility index (Phi) is 13.0. The van der Waals surface area contributed by atoms with Crippen LogP contribution in [0, 0.1) is 37.8 Å². The highest BCUT2D eigenvalue weighted by atomic mass is 32.2. The molecule has 0 atom stereocenters. The summed E-state index contributed by atoms with van der Waals surface area (Å²) in [6.07, 6.45) is 0.0355. The van der Waals surface area contributed by atoms with Crippen molar-refractivity contribution in [3.63, 3.8) is 0 Å². The molecule has 2 heterocycles. The summed E-state index contributed by atoms with van der Waals surface area (Å²) >= 11 is 0. The van der Waals surface area contributed by atoms with Gasteiger partial charge in [-0.15, -0.1) is 0 Å². The zero-order valence-corrected chi connectivity index (χ0v) is 37.0. The molecule has 0 unspecified atom stereocenters. The van der Waals surface area contributed by atoms with Gasteiger partial charge in [0.05, 0.1) is 43.2 Å². The molecule has 0 spiro atoms. The summed E-state index contributed by atoms with van der Waals surface area (Å²) in [5, 5.41) is 17.4. The Morgan fingerprint density at radius 2 is 1.09 bits per heavy atom. The highest BCUT2D eigenvalue weighted by Gasteiger charge is 2.23. The van der Waals surface area contributed by atoms with Crippen LogP contribution in [0.2, 0.25) is 0 Å². The zero-order valence-electron chi connectivity index (χ0n) is 35.4. The lowest BCUT2D eigenvalue weighted by Crippen LogP contribution is -2.17. The van der Waals surface area contributed by atoms with Gasteiger partial charge in [0, 0.05) is 23.5 Å². The van der Waals surface area contributed by atoms with Gasteiger partial charge in [-0.25, -0.2) is 36.8 Å². The molecule has 0 saturated carbocycles. The minimum absolute atomic E-state index is 0.0200. The highest BCUT2D eigenvalue weighted by Crippen LogP contribution is 2.31. The molecule has 65 heavy (non-hydrogen) atoms. The first-order chi connectivity index (χ1) is 31.0. The largest absolute Gasteiger partial charge is 0.369 e. The number of sulfonamides is 2. The molecule has 0 aliphatic rings. The van der Waals surface area contributed by atoms with E-state index >= 15 is 0 Å². The van der Waals surface area contributed by atoms with Gasteiger partial charge in [-0.1, -0.05) is 60.7 Å². The van der Waals surface area contributed by atoms with Crippen LogP contribution in [-0.2, 0) is 31.3 Å². The van der Waals surface area contributed by atoms with Gasteiger partial charge in [0.25, 0.3) is 25.7 Å². The van der Waals surface area contributed by atoms with Gasteiger partial charge in [-0.05, 0) is 116 Å². The lowest BCUT2D eigenvalue weighted by Gasteiger charge is -2.16. The van der Waals surface area contributed by atoms with Gasteiger partial charge in [-0.2, -0.15) is 0 Å². The number of aromatic nitrogens is 4. The quantitative estimate of drug-likeness (QED) is 0.0538. The molecule has 8 aromatic rings. The number of hydrogen-bond donors (Lipinski definition) is 5. The van der Waals surface area contributed by atoms with Crippen molar-refractivity contribution < 1.29 is 26.6 Å². The Hall–Kier alpha value is -8.03. The van der Waals surface area contributed by atoms with Gasteiger partial charge < -0.3 is 16.4 Å². The van der Waals surface area contributed by atoms with E-state index in [4.69, 9.17) is 5.73 Å². The lowest BCUT2D eigenvalue weighted by molar-refractivity contribution is -0.385. The van der Waals surface area contributed by atoms with Crippen LogP contribution in [0.1, 0.15) is 27.8 Å². The lowest BCUT2D eigenvalue weighted by atomic mass is 10.1. The average Bonchev–Trinajstić information content (AvgIpc) is 3.27. The first-order valence-corrected chi connectivity index (χ1v) is 22.8. The summed E-state index contributed by atoms with van der Waals surface area (Å²) in [6, 6.07) is 36.6. The van der Waals surface area contributed by atoms with Crippen molar-refractivity contribution in [2.24, 2.45) is 5.73 Å². The Morgan fingerprint density at radius 1 is 0.569 bits per heavy atom. The molecule has 2 aromatic heterocycles. The summed E-state index contributed by atoms with van der Waals surface area (Å²) in [4.78, 5) is 39.4. The molecule has 0 aliphatic carbocycles. The third-order valence-electron chi connectivity index (χ3n) is 10.2. The Morgan fingerprint density at radius 3 is 1.63 bits per heavy atom. The topological polar surface area (TPSA) is 254 Å². The van der Waals surface area contributed by atoms with Crippen molar-refractivity contribution >= 4 is 88.4 Å². The number of nitro groups is 1. The molecular formula is C46H42N10O7S2. The fourth-order valence-electron chi connectivity index (χ4n) is 6.41. The van der Waals surface area contributed by atoms with E-state index in [2.05, 4.69) is 40.0 Å². The number of nitrogens with two attached hydrogens (primary N) is 1. The van der Waals surface area contributed by atoms with Gasteiger partial charge in [0.2, 0.25) is 5.91 Å². The van der Waals surface area contributed by atoms with E-state index in [1.165, 1.54) is 30.3 Å².